The van der Waals surface area contributed by atoms with E-state index >= 15 is 0 Å². The highest BCUT2D eigenvalue weighted by Gasteiger charge is 2.16. The first-order chi connectivity index (χ1) is 11.7. The highest BCUT2D eigenvalue weighted by Crippen LogP contribution is 2.17. The van der Waals surface area contributed by atoms with Crippen molar-refractivity contribution in [3.8, 4) is 5.75 Å². The van der Waals surface area contributed by atoms with Crippen molar-refractivity contribution in [2.45, 2.75) is 51.3 Å². The summed E-state index contributed by atoms with van der Waals surface area (Å²) in [7, 11) is 0. The molecule has 0 radical (unpaired) electrons. The summed E-state index contributed by atoms with van der Waals surface area (Å²) in [4.78, 5) is 11.8. The predicted molar refractivity (Wildman–Crippen MR) is 87.4 cm³/mol. The van der Waals surface area contributed by atoms with E-state index in [1.54, 1.807) is 29.1 Å². The van der Waals surface area contributed by atoms with Crippen molar-refractivity contribution in [3.63, 3.8) is 0 Å². The summed E-state index contributed by atoms with van der Waals surface area (Å²) >= 11 is 0. The Kier molecular flexibility index (Phi) is 5.30. The zero-order valence-corrected chi connectivity index (χ0v) is 13.5. The van der Waals surface area contributed by atoms with E-state index < -0.39 is 6.09 Å². The molecule has 1 aromatic carbocycles. The molecular formula is C17H22N4O3. The van der Waals surface area contributed by atoms with Gasteiger partial charge in [0, 0.05) is 6.04 Å². The fourth-order valence-electron chi connectivity index (χ4n) is 2.92. The molecule has 2 N–H and O–H groups in total. The van der Waals surface area contributed by atoms with Crippen molar-refractivity contribution < 1.29 is 14.6 Å². The number of hydrogen-bond acceptors (Lipinski definition) is 5. The summed E-state index contributed by atoms with van der Waals surface area (Å²) in [6.07, 6.45) is 6.95. The predicted octanol–water partition coefficient (Wildman–Crippen LogP) is 2.59. The highest BCUT2D eigenvalue weighted by molar-refractivity contribution is 5.67. The van der Waals surface area contributed by atoms with Crippen LogP contribution in [0, 0.1) is 0 Å². The number of hydrogen-bond donors (Lipinski definition) is 2. The van der Waals surface area contributed by atoms with Crippen molar-refractivity contribution in [1.29, 1.82) is 0 Å². The molecule has 0 saturated heterocycles. The van der Waals surface area contributed by atoms with Gasteiger partial charge in [-0.25, -0.2) is 9.48 Å². The minimum absolute atomic E-state index is 0.0958. The van der Waals surface area contributed by atoms with E-state index in [1.807, 2.05) is 6.07 Å². The minimum atomic E-state index is -0.399. The Morgan fingerprint density at radius 1 is 1.33 bits per heavy atom. The van der Waals surface area contributed by atoms with E-state index in [9.17, 15) is 9.90 Å². The maximum atomic E-state index is 11.8. The first kappa shape index (κ1) is 16.3. The maximum absolute atomic E-state index is 11.8. The first-order valence-corrected chi connectivity index (χ1v) is 8.29. The molecule has 1 aromatic heterocycles. The normalized spacial score (nSPS) is 15.2. The van der Waals surface area contributed by atoms with Crippen molar-refractivity contribution in [2.75, 3.05) is 0 Å². The smallest absolute Gasteiger partial charge is 0.407 e. The van der Waals surface area contributed by atoms with Gasteiger partial charge in [0.05, 0.1) is 12.7 Å². The molecule has 2 aromatic rings. The molecule has 128 valence electrons. The average molecular weight is 330 g/mol. The highest BCUT2D eigenvalue weighted by atomic mass is 16.5. The van der Waals surface area contributed by atoms with E-state index in [-0.39, 0.29) is 18.4 Å². The third kappa shape index (κ3) is 4.71. The molecule has 0 aliphatic heterocycles. The number of amides is 1. The van der Waals surface area contributed by atoms with Gasteiger partial charge < -0.3 is 15.2 Å². The lowest BCUT2D eigenvalue weighted by molar-refractivity contribution is 0.131. The van der Waals surface area contributed by atoms with Gasteiger partial charge in [0.25, 0.3) is 0 Å². The molecule has 1 aliphatic carbocycles. The van der Waals surface area contributed by atoms with Crippen molar-refractivity contribution in [2.24, 2.45) is 0 Å². The molecule has 1 aliphatic rings. The van der Waals surface area contributed by atoms with Gasteiger partial charge in [-0.3, -0.25) is 0 Å². The second-order valence-corrected chi connectivity index (χ2v) is 6.13. The number of phenols is 1. The van der Waals surface area contributed by atoms with Gasteiger partial charge in [0.15, 0.2) is 0 Å². The molecule has 7 heteroatoms. The molecular weight excluding hydrogens is 308 g/mol. The van der Waals surface area contributed by atoms with Crippen LogP contribution in [0.2, 0.25) is 0 Å². The summed E-state index contributed by atoms with van der Waals surface area (Å²) < 4.78 is 6.85. The van der Waals surface area contributed by atoms with Gasteiger partial charge in [-0.2, -0.15) is 0 Å². The van der Waals surface area contributed by atoms with E-state index in [2.05, 4.69) is 15.6 Å². The molecule has 1 heterocycles. The number of nitrogens with zero attached hydrogens (tertiary/aromatic N) is 3. The topological polar surface area (TPSA) is 89.3 Å². The van der Waals surface area contributed by atoms with Gasteiger partial charge in [-0.05, 0) is 30.5 Å². The molecule has 0 atom stereocenters. The minimum Gasteiger partial charge on any atom is -0.508 e. The monoisotopic (exact) mass is 330 g/mol. The Balaban J connectivity index is 1.46. The number of rotatable bonds is 5. The first-order valence-electron chi connectivity index (χ1n) is 8.29. The zero-order chi connectivity index (χ0) is 16.8. The van der Waals surface area contributed by atoms with Crippen LogP contribution in [0.15, 0.2) is 30.5 Å². The SMILES string of the molecule is O=C(NC1CCCCC1)OCc1cn(Cc2cccc(O)c2)nn1. The lowest BCUT2D eigenvalue weighted by Gasteiger charge is -2.22. The summed E-state index contributed by atoms with van der Waals surface area (Å²) in [5, 5.41) is 20.4. The third-order valence-electron chi connectivity index (χ3n) is 4.12. The standard InChI is InChI=1S/C17H22N4O3/c22-16-8-4-5-13(9-16)10-21-11-15(19-20-21)12-24-17(23)18-14-6-2-1-3-7-14/h4-5,8-9,11,14,22H,1-3,6-7,10,12H2,(H,18,23). The van der Waals surface area contributed by atoms with E-state index in [1.165, 1.54) is 6.42 Å². The summed E-state index contributed by atoms with van der Waals surface area (Å²) in [6, 6.07) is 7.20. The zero-order valence-electron chi connectivity index (χ0n) is 13.5. The number of aromatic nitrogens is 3. The van der Waals surface area contributed by atoms with Gasteiger partial charge in [-0.1, -0.05) is 36.6 Å². The van der Waals surface area contributed by atoms with Gasteiger partial charge in [0.1, 0.15) is 18.1 Å². The molecule has 1 amide bonds. The molecule has 0 bridgehead atoms. The average Bonchev–Trinajstić information content (AvgIpc) is 3.01. The summed E-state index contributed by atoms with van der Waals surface area (Å²) in [5.41, 5.74) is 1.51. The summed E-state index contributed by atoms with van der Waals surface area (Å²) in [5.74, 6) is 0.218. The Hall–Kier alpha value is -2.57. The molecule has 1 fully saturated rings. The molecule has 0 unspecified atom stereocenters. The van der Waals surface area contributed by atoms with E-state index in [0.29, 0.717) is 12.2 Å². The van der Waals surface area contributed by atoms with Crippen LogP contribution in [0.5, 0.6) is 5.75 Å². The molecule has 7 nitrogen and oxygen atoms in total. The van der Waals surface area contributed by atoms with Gasteiger partial charge in [-0.15, -0.1) is 5.10 Å². The number of nitrogens with one attached hydrogen (secondary N) is 1. The van der Waals surface area contributed by atoms with Crippen LogP contribution in [0.1, 0.15) is 43.4 Å². The number of carbonyl (C=O) groups is 1. The lowest BCUT2D eigenvalue weighted by Crippen LogP contribution is -2.36. The number of phenolic OH excluding ortho intramolecular Hbond substituents is 1. The fraction of sp³-hybridized carbons (Fsp3) is 0.471. The van der Waals surface area contributed by atoms with Crippen LogP contribution in [0.3, 0.4) is 0 Å². The van der Waals surface area contributed by atoms with Crippen molar-refractivity contribution in [3.05, 3.63) is 41.7 Å². The van der Waals surface area contributed by atoms with Crippen LogP contribution in [-0.2, 0) is 17.9 Å². The Morgan fingerprint density at radius 3 is 2.96 bits per heavy atom. The van der Waals surface area contributed by atoms with Gasteiger partial charge >= 0.3 is 6.09 Å². The third-order valence-corrected chi connectivity index (χ3v) is 4.12. The van der Waals surface area contributed by atoms with E-state index in [0.717, 1.165) is 31.2 Å². The second kappa shape index (κ2) is 7.81. The second-order valence-electron chi connectivity index (χ2n) is 6.13. The van der Waals surface area contributed by atoms with Crippen LogP contribution >= 0.6 is 0 Å². The largest absolute Gasteiger partial charge is 0.508 e. The summed E-state index contributed by atoms with van der Waals surface area (Å²) in [6.45, 7) is 0.592. The van der Waals surface area contributed by atoms with Crippen LogP contribution < -0.4 is 5.32 Å². The van der Waals surface area contributed by atoms with Crippen LogP contribution in [-0.4, -0.2) is 32.2 Å². The number of carbonyl (C=O) groups excluding carboxylic acids is 1. The number of benzene rings is 1. The Bertz CT molecular complexity index is 680. The van der Waals surface area contributed by atoms with E-state index in [4.69, 9.17) is 4.74 Å². The Morgan fingerprint density at radius 2 is 2.17 bits per heavy atom. The molecule has 3 rings (SSSR count). The molecule has 0 spiro atoms. The van der Waals surface area contributed by atoms with Crippen LogP contribution in [0.25, 0.3) is 0 Å². The molecule has 24 heavy (non-hydrogen) atoms. The number of alkyl carbamates (subject to hydrolysis) is 1. The van der Waals surface area contributed by atoms with Crippen molar-refractivity contribution in [1.82, 2.24) is 20.3 Å². The number of ether oxygens (including phenoxy) is 1. The van der Waals surface area contributed by atoms with Gasteiger partial charge in [0.2, 0.25) is 0 Å². The quantitative estimate of drug-likeness (QED) is 0.879. The number of aromatic hydroxyl groups is 1. The van der Waals surface area contributed by atoms with Crippen LogP contribution in [0.4, 0.5) is 4.79 Å². The lowest BCUT2D eigenvalue weighted by atomic mass is 9.96. The Labute approximate surface area is 140 Å². The maximum Gasteiger partial charge on any atom is 0.407 e. The fourth-order valence-corrected chi connectivity index (χ4v) is 2.92. The van der Waals surface area contributed by atoms with Crippen molar-refractivity contribution >= 4 is 6.09 Å². The molecule has 1 saturated carbocycles.